The van der Waals surface area contributed by atoms with Crippen molar-refractivity contribution in [2.45, 2.75) is 26.4 Å². The fourth-order valence-electron chi connectivity index (χ4n) is 4.27. The average molecular weight is 491 g/mol. The second-order valence-electron chi connectivity index (χ2n) is 9.18. The molecule has 2 aliphatic rings. The molecule has 188 valence electrons. The van der Waals surface area contributed by atoms with Crippen molar-refractivity contribution in [1.29, 1.82) is 0 Å². The summed E-state index contributed by atoms with van der Waals surface area (Å²) in [4.78, 5) is 32.2. The molecule has 0 radical (unpaired) electrons. The molecule has 3 amide bonds. The summed E-state index contributed by atoms with van der Waals surface area (Å²) in [7, 11) is 0. The van der Waals surface area contributed by atoms with Gasteiger partial charge in [0.1, 0.15) is 0 Å². The minimum atomic E-state index is -4.59. The zero-order chi connectivity index (χ0) is 25.2. The molecular formula is C24H29F3N6O2. The Morgan fingerprint density at radius 2 is 1.60 bits per heavy atom. The normalized spacial score (nSPS) is 17.0. The van der Waals surface area contributed by atoms with E-state index in [-0.39, 0.29) is 24.7 Å². The lowest BCUT2D eigenvalue weighted by molar-refractivity contribution is -0.138. The molecule has 0 bridgehead atoms. The highest BCUT2D eigenvalue weighted by Gasteiger charge is 2.36. The number of aromatic nitrogens is 2. The first kappa shape index (κ1) is 24.7. The Morgan fingerprint density at radius 1 is 0.943 bits per heavy atom. The van der Waals surface area contributed by atoms with Crippen molar-refractivity contribution >= 4 is 23.6 Å². The van der Waals surface area contributed by atoms with Gasteiger partial charge in [-0.05, 0) is 36.6 Å². The highest BCUT2D eigenvalue weighted by Crippen LogP contribution is 2.32. The molecule has 0 N–H and O–H groups in total. The molecule has 35 heavy (non-hydrogen) atoms. The maximum Gasteiger partial charge on any atom is 0.417 e. The summed E-state index contributed by atoms with van der Waals surface area (Å²) in [5.41, 5.74) is -1.26. The minimum Gasteiger partial charge on any atom is -0.352 e. The van der Waals surface area contributed by atoms with Crippen LogP contribution in [0.25, 0.3) is 0 Å². The fraction of sp³-hybridized carbons (Fsp3) is 0.500. The molecule has 3 heterocycles. The highest BCUT2D eigenvalue weighted by atomic mass is 19.4. The number of rotatable bonds is 6. The summed E-state index contributed by atoms with van der Waals surface area (Å²) in [5, 5.41) is 8.50. The Balaban J connectivity index is 1.35. The molecule has 0 spiro atoms. The largest absolute Gasteiger partial charge is 0.417 e. The smallest absolute Gasteiger partial charge is 0.352 e. The van der Waals surface area contributed by atoms with Crippen LogP contribution in [0.1, 0.15) is 36.2 Å². The number of piperazine rings is 1. The first-order valence-electron chi connectivity index (χ1n) is 11.8. The van der Waals surface area contributed by atoms with Crippen LogP contribution in [0.5, 0.6) is 0 Å². The van der Waals surface area contributed by atoms with E-state index in [1.807, 2.05) is 9.80 Å². The molecule has 0 atom stereocenters. The molecule has 1 aromatic carbocycles. The lowest BCUT2D eigenvalue weighted by Crippen LogP contribution is -2.49. The number of hydrogen-bond donors (Lipinski definition) is 0. The van der Waals surface area contributed by atoms with Gasteiger partial charge in [-0.2, -0.15) is 13.2 Å². The molecule has 2 saturated heterocycles. The Labute approximate surface area is 202 Å². The lowest BCUT2D eigenvalue weighted by Gasteiger charge is -2.35. The third-order valence-electron chi connectivity index (χ3n) is 6.34. The van der Waals surface area contributed by atoms with Crippen LogP contribution >= 0.6 is 0 Å². The van der Waals surface area contributed by atoms with Crippen molar-refractivity contribution in [2.24, 2.45) is 5.92 Å². The van der Waals surface area contributed by atoms with Gasteiger partial charge in [0, 0.05) is 45.8 Å². The van der Waals surface area contributed by atoms with Gasteiger partial charge in [0.05, 0.1) is 11.1 Å². The molecule has 8 nitrogen and oxygen atoms in total. The maximum atomic E-state index is 13.3. The molecule has 2 fully saturated rings. The molecule has 0 saturated carbocycles. The van der Waals surface area contributed by atoms with E-state index in [9.17, 15) is 22.8 Å². The third kappa shape index (κ3) is 5.49. The second-order valence-corrected chi connectivity index (χ2v) is 9.18. The number of hydrogen-bond acceptors (Lipinski definition) is 5. The number of benzene rings is 1. The van der Waals surface area contributed by atoms with Crippen LogP contribution in [-0.2, 0) is 6.18 Å². The predicted octanol–water partition coefficient (Wildman–Crippen LogP) is 3.75. The van der Waals surface area contributed by atoms with E-state index in [0.717, 1.165) is 19.0 Å². The summed E-state index contributed by atoms with van der Waals surface area (Å²) in [6.07, 6.45) is -3.64. The molecular weight excluding hydrogens is 461 g/mol. The first-order valence-corrected chi connectivity index (χ1v) is 11.8. The van der Waals surface area contributed by atoms with Crippen LogP contribution in [0.3, 0.4) is 0 Å². The number of urea groups is 1. The molecule has 11 heteroatoms. The van der Waals surface area contributed by atoms with Gasteiger partial charge in [0.15, 0.2) is 11.6 Å². The lowest BCUT2D eigenvalue weighted by atomic mass is 10.1. The summed E-state index contributed by atoms with van der Waals surface area (Å²) in [6.45, 7) is 7.55. The van der Waals surface area contributed by atoms with Crippen LogP contribution in [0.2, 0.25) is 0 Å². The van der Waals surface area contributed by atoms with Gasteiger partial charge in [0.25, 0.3) is 5.91 Å². The Kier molecular flexibility index (Phi) is 7.13. The van der Waals surface area contributed by atoms with Crippen molar-refractivity contribution in [3.05, 3.63) is 47.5 Å². The van der Waals surface area contributed by atoms with Gasteiger partial charge in [-0.15, -0.1) is 10.2 Å². The van der Waals surface area contributed by atoms with Crippen molar-refractivity contribution in [2.75, 3.05) is 55.6 Å². The topological polar surface area (TPSA) is 72.9 Å². The third-order valence-corrected chi connectivity index (χ3v) is 6.34. The number of halogens is 3. The van der Waals surface area contributed by atoms with Crippen molar-refractivity contribution < 1.29 is 22.8 Å². The second kappa shape index (κ2) is 10.1. The number of alkyl halides is 3. The summed E-state index contributed by atoms with van der Waals surface area (Å²) in [5.74, 6) is 0.975. The van der Waals surface area contributed by atoms with E-state index < -0.39 is 17.6 Å². The van der Waals surface area contributed by atoms with E-state index in [2.05, 4.69) is 24.0 Å². The highest BCUT2D eigenvalue weighted by molar-refractivity contribution is 5.96. The number of nitrogens with zero attached hydrogens (tertiary/aromatic N) is 6. The van der Waals surface area contributed by atoms with E-state index in [1.54, 1.807) is 17.0 Å². The predicted molar refractivity (Wildman–Crippen MR) is 125 cm³/mol. The van der Waals surface area contributed by atoms with Crippen LogP contribution < -0.4 is 9.80 Å². The maximum absolute atomic E-state index is 13.3. The van der Waals surface area contributed by atoms with E-state index in [4.69, 9.17) is 0 Å². The molecule has 0 unspecified atom stereocenters. The first-order chi connectivity index (χ1) is 16.6. The SMILES string of the molecule is CC(C)CCN1CCN(c2ccc(N3CCN(C(=O)c4ccccc4C(F)(F)F)CC3)nn2)C1=O. The van der Waals surface area contributed by atoms with Gasteiger partial charge in [0.2, 0.25) is 0 Å². The quantitative estimate of drug-likeness (QED) is 0.617. The average Bonchev–Trinajstić information content (AvgIpc) is 3.22. The van der Waals surface area contributed by atoms with Gasteiger partial charge in [-0.3, -0.25) is 9.69 Å². The molecule has 1 aromatic heterocycles. The number of anilines is 2. The van der Waals surface area contributed by atoms with Gasteiger partial charge < -0.3 is 14.7 Å². The number of carbonyl (C=O) groups excluding carboxylic acids is 2. The molecule has 2 aliphatic heterocycles. The van der Waals surface area contributed by atoms with Gasteiger partial charge in [-0.25, -0.2) is 4.79 Å². The molecule has 4 rings (SSSR count). The van der Waals surface area contributed by atoms with Crippen LogP contribution in [0.15, 0.2) is 36.4 Å². The van der Waals surface area contributed by atoms with Crippen LogP contribution in [0.4, 0.5) is 29.6 Å². The number of carbonyl (C=O) groups is 2. The van der Waals surface area contributed by atoms with E-state index in [0.29, 0.717) is 43.7 Å². The Hall–Kier alpha value is -3.37. The Bertz CT molecular complexity index is 1050. The number of amides is 3. The van der Waals surface area contributed by atoms with Crippen LogP contribution in [0, 0.1) is 5.92 Å². The fourth-order valence-corrected chi connectivity index (χ4v) is 4.27. The standard InChI is InChI=1S/C24H29F3N6O2/c1-17(2)9-10-32-15-16-33(23(32)35)21-8-7-20(28-29-21)30-11-13-31(14-12-30)22(34)18-5-3-4-6-19(18)24(25,26)27/h3-8,17H,9-16H2,1-2H3. The summed E-state index contributed by atoms with van der Waals surface area (Å²) >= 11 is 0. The van der Waals surface area contributed by atoms with E-state index in [1.165, 1.54) is 23.1 Å². The van der Waals surface area contributed by atoms with E-state index >= 15 is 0 Å². The minimum absolute atomic E-state index is 0.0704. The zero-order valence-electron chi connectivity index (χ0n) is 19.8. The summed E-state index contributed by atoms with van der Waals surface area (Å²) < 4.78 is 39.9. The summed E-state index contributed by atoms with van der Waals surface area (Å²) in [6, 6.07) is 8.31. The monoisotopic (exact) mass is 490 g/mol. The molecule has 2 aromatic rings. The van der Waals surface area contributed by atoms with Gasteiger partial charge >= 0.3 is 12.2 Å². The zero-order valence-corrected chi connectivity index (χ0v) is 19.8. The molecule has 0 aliphatic carbocycles. The van der Waals surface area contributed by atoms with Crippen molar-refractivity contribution in [3.63, 3.8) is 0 Å². The van der Waals surface area contributed by atoms with Crippen molar-refractivity contribution in [1.82, 2.24) is 20.0 Å². The van der Waals surface area contributed by atoms with Crippen molar-refractivity contribution in [3.8, 4) is 0 Å². The van der Waals surface area contributed by atoms with Crippen LogP contribution in [-0.4, -0.2) is 77.7 Å². The Morgan fingerprint density at radius 3 is 2.23 bits per heavy atom. The van der Waals surface area contributed by atoms with Gasteiger partial charge in [-0.1, -0.05) is 26.0 Å².